The van der Waals surface area contributed by atoms with Crippen molar-refractivity contribution in [1.29, 1.82) is 0 Å². The van der Waals surface area contributed by atoms with E-state index in [1.165, 1.54) is 18.2 Å². The van der Waals surface area contributed by atoms with Crippen molar-refractivity contribution >= 4 is 23.1 Å². The molecule has 83 heavy (non-hydrogen) atoms. The summed E-state index contributed by atoms with van der Waals surface area (Å²) in [6, 6.07) is 3.31. The van der Waals surface area contributed by atoms with E-state index in [1.54, 1.807) is 20.8 Å². The van der Waals surface area contributed by atoms with Crippen LogP contribution in [0.4, 0.5) is 0 Å². The number of likely N-dealkylation sites (N-methyl/N-ethyl adjacent to an activating group) is 2. The molecule has 11 rings (SSSR count). The van der Waals surface area contributed by atoms with Gasteiger partial charge in [0.2, 0.25) is 5.78 Å². The van der Waals surface area contributed by atoms with Crippen molar-refractivity contribution in [3.8, 4) is 17.2 Å². The van der Waals surface area contributed by atoms with Gasteiger partial charge in [-0.2, -0.15) is 0 Å². The minimum absolute atomic E-state index is 0.0212. The minimum atomic E-state index is -1.87. The van der Waals surface area contributed by atoms with Crippen LogP contribution in [0, 0.1) is 0 Å². The molecule has 0 aromatic heterocycles. The number of ketones is 4. The number of ether oxygens (including phenoxy) is 13. The van der Waals surface area contributed by atoms with E-state index in [0.29, 0.717) is 32.1 Å². The SMILES string of the molecule is CCC1(O)CC(OC2CC(N(C)C)C(OC3CC4OC5CC(=O)C(C)OC5OC4C(C)O3)C(C)O2)c2c(O)c3c(c(O)c2C1OC1CC(N(C)C)C(OC2CCC(OC4CCC(=O)C(C)O4)C(C)O2)C(C)O1)C(=O)c1cccc(O)c1C3=O. The van der Waals surface area contributed by atoms with Crippen molar-refractivity contribution < 1.29 is 101 Å². The van der Waals surface area contributed by atoms with Crippen molar-refractivity contribution in [2.75, 3.05) is 28.2 Å². The summed E-state index contributed by atoms with van der Waals surface area (Å²) in [6.45, 7) is 12.7. The first-order chi connectivity index (χ1) is 39.4. The number of nitrogens with zero attached hydrogens (tertiary/aromatic N) is 2. The van der Waals surface area contributed by atoms with Gasteiger partial charge in [0.05, 0.1) is 65.0 Å². The molecular formula is C60H82N2O21. The first-order valence-corrected chi connectivity index (χ1v) is 29.6. The zero-order chi connectivity index (χ0) is 59.2. The standard InChI is InChI=1S/C60H82N2O21/c1-12-60(70)24-40(79-43-20-32(61(8)9)56(29(6)73-43)81-45-23-38-57(30(7)75-45)83-59-39(77-38)22-36(65)26(3)76-59)47-50(54(69)48-49(53(47)68)52(67)46-31(51(48)66)14-13-15-35(46)64)58(60)82-44-21-33(62(10)11)55(28(5)74-44)80-42-19-17-37(27(4)72-42)78-41-18-16-34(63)25(2)71-41/h13-15,25-30,32-33,37-45,55-59,64,68-70H,12,16-24H2,1-11H3. The first kappa shape index (κ1) is 60.6. The third-order valence-electron chi connectivity index (χ3n) is 18.6. The van der Waals surface area contributed by atoms with E-state index in [9.17, 15) is 39.6 Å². The van der Waals surface area contributed by atoms with Crippen molar-refractivity contribution in [2.45, 2.75) is 254 Å². The fourth-order valence-corrected chi connectivity index (χ4v) is 14.0. The quantitative estimate of drug-likeness (QED) is 0.161. The molecule has 23 heteroatoms. The molecule has 0 amide bonds. The first-order valence-electron chi connectivity index (χ1n) is 29.6. The van der Waals surface area contributed by atoms with Crippen LogP contribution >= 0.6 is 0 Å². The zero-order valence-electron chi connectivity index (χ0n) is 49.1. The summed E-state index contributed by atoms with van der Waals surface area (Å²) in [5.41, 5.74) is -3.70. The molecule has 7 aliphatic heterocycles. The van der Waals surface area contributed by atoms with E-state index in [2.05, 4.69) is 0 Å². The van der Waals surface area contributed by atoms with Crippen LogP contribution in [0.15, 0.2) is 18.2 Å². The molecule has 2 aliphatic carbocycles. The highest BCUT2D eigenvalue weighted by Gasteiger charge is 2.56. The van der Waals surface area contributed by atoms with Gasteiger partial charge >= 0.3 is 0 Å². The fraction of sp³-hybridized carbons (Fsp3) is 0.733. The maximum atomic E-state index is 14.6. The van der Waals surface area contributed by atoms with Crippen molar-refractivity contribution in [1.82, 2.24) is 9.80 Å². The number of Topliss-reactive ketones (excluding diaryl/α,β-unsaturated/α-hetero) is 2. The normalized spacial score (nSPS) is 42.0. The monoisotopic (exact) mass is 1170 g/mol. The van der Waals surface area contributed by atoms with Crippen LogP contribution < -0.4 is 0 Å². The summed E-state index contributed by atoms with van der Waals surface area (Å²) in [4.78, 5) is 57.7. The largest absolute Gasteiger partial charge is 0.507 e. The molecule has 7 fully saturated rings. The summed E-state index contributed by atoms with van der Waals surface area (Å²) in [6.07, 6.45) is -10.7. The number of phenolic OH excluding ortho intramolecular Hbond substituents is 3. The van der Waals surface area contributed by atoms with E-state index < -0.39 is 157 Å². The second kappa shape index (κ2) is 23.9. The third-order valence-corrected chi connectivity index (χ3v) is 18.6. The number of rotatable bonds is 13. The molecule has 2 aromatic rings. The topological polar surface area (TPSA) is 276 Å². The number of fused-ring (bicyclic) bond motifs is 5. The Morgan fingerprint density at radius 3 is 1.82 bits per heavy atom. The number of phenols is 3. The average molecular weight is 1170 g/mol. The number of benzene rings is 2. The lowest BCUT2D eigenvalue weighted by Gasteiger charge is -2.51. The van der Waals surface area contributed by atoms with E-state index in [1.807, 2.05) is 65.7 Å². The van der Waals surface area contributed by atoms with Crippen molar-refractivity contribution in [3.05, 3.63) is 51.6 Å². The molecule has 9 aliphatic rings. The molecule has 0 radical (unpaired) electrons. The lowest BCUT2D eigenvalue weighted by atomic mass is 9.70. The number of carbonyl (C=O) groups excluding carboxylic acids is 4. The van der Waals surface area contributed by atoms with Gasteiger partial charge in [-0.3, -0.25) is 19.2 Å². The molecule has 23 unspecified atom stereocenters. The maximum absolute atomic E-state index is 14.6. The van der Waals surface area contributed by atoms with E-state index in [4.69, 9.17) is 61.6 Å². The maximum Gasteiger partial charge on any atom is 0.202 e. The smallest absolute Gasteiger partial charge is 0.202 e. The Morgan fingerprint density at radius 2 is 1.17 bits per heavy atom. The summed E-state index contributed by atoms with van der Waals surface area (Å²) in [5.74, 6) is -3.61. The van der Waals surface area contributed by atoms with Gasteiger partial charge in [0.15, 0.2) is 55.1 Å². The van der Waals surface area contributed by atoms with Gasteiger partial charge in [-0.05, 0) is 88.6 Å². The Labute approximate surface area is 483 Å². The number of hydrogen-bond acceptors (Lipinski definition) is 23. The molecule has 7 saturated heterocycles. The van der Waals surface area contributed by atoms with Gasteiger partial charge in [-0.1, -0.05) is 19.1 Å². The number of hydrogen-bond donors (Lipinski definition) is 4. The molecule has 0 spiro atoms. The highest BCUT2D eigenvalue weighted by Crippen LogP contribution is 2.58. The van der Waals surface area contributed by atoms with Crippen LogP contribution in [-0.4, -0.2) is 210 Å². The summed E-state index contributed by atoms with van der Waals surface area (Å²) in [5, 5.41) is 49.5. The van der Waals surface area contributed by atoms with Gasteiger partial charge in [0, 0.05) is 80.1 Å². The third kappa shape index (κ3) is 11.5. The molecule has 458 valence electrons. The molecule has 7 heterocycles. The Bertz CT molecular complexity index is 2780. The summed E-state index contributed by atoms with van der Waals surface area (Å²) < 4.78 is 84.0. The van der Waals surface area contributed by atoms with Gasteiger partial charge in [-0.15, -0.1) is 0 Å². The fourth-order valence-electron chi connectivity index (χ4n) is 14.0. The minimum Gasteiger partial charge on any atom is -0.507 e. The van der Waals surface area contributed by atoms with E-state index >= 15 is 0 Å². The highest BCUT2D eigenvalue weighted by atomic mass is 16.8. The van der Waals surface area contributed by atoms with Crippen LogP contribution in [0.25, 0.3) is 0 Å². The molecule has 23 nitrogen and oxygen atoms in total. The second-order valence-corrected chi connectivity index (χ2v) is 24.6. The van der Waals surface area contributed by atoms with Crippen molar-refractivity contribution in [3.63, 3.8) is 0 Å². The predicted octanol–water partition coefficient (Wildman–Crippen LogP) is 5.14. The van der Waals surface area contributed by atoms with Crippen LogP contribution in [-0.2, 0) is 71.2 Å². The Hall–Kier alpha value is -4.12. The number of aromatic hydroxyl groups is 3. The highest BCUT2D eigenvalue weighted by molar-refractivity contribution is 6.31. The lowest BCUT2D eigenvalue weighted by Crippen LogP contribution is -2.62. The average Bonchev–Trinajstić information content (AvgIpc) is 1.62. The van der Waals surface area contributed by atoms with Gasteiger partial charge < -0.3 is 91.8 Å². The zero-order valence-corrected chi connectivity index (χ0v) is 49.1. The molecule has 2 aromatic carbocycles. The number of aliphatic hydroxyl groups is 1. The Morgan fingerprint density at radius 1 is 0.578 bits per heavy atom. The van der Waals surface area contributed by atoms with Gasteiger partial charge in [0.25, 0.3) is 0 Å². The lowest BCUT2D eigenvalue weighted by molar-refractivity contribution is -0.371. The van der Waals surface area contributed by atoms with Crippen LogP contribution in [0.1, 0.15) is 168 Å². The van der Waals surface area contributed by atoms with Crippen LogP contribution in [0.2, 0.25) is 0 Å². The van der Waals surface area contributed by atoms with Gasteiger partial charge in [-0.25, -0.2) is 0 Å². The van der Waals surface area contributed by atoms with Gasteiger partial charge in [0.1, 0.15) is 60.0 Å². The molecule has 23 atom stereocenters. The van der Waals surface area contributed by atoms with E-state index in [-0.39, 0.29) is 90.2 Å². The van der Waals surface area contributed by atoms with E-state index in [0.717, 1.165) is 0 Å². The second-order valence-electron chi connectivity index (χ2n) is 24.6. The Balaban J connectivity index is 0.843. The van der Waals surface area contributed by atoms with Crippen LogP contribution in [0.5, 0.6) is 17.2 Å². The molecule has 0 saturated carbocycles. The molecular weight excluding hydrogens is 1080 g/mol. The summed E-state index contributed by atoms with van der Waals surface area (Å²) >= 11 is 0. The van der Waals surface area contributed by atoms with Crippen LogP contribution in [0.3, 0.4) is 0 Å². The van der Waals surface area contributed by atoms with Crippen molar-refractivity contribution in [2.24, 2.45) is 0 Å². The molecule has 0 bridgehead atoms. The number of carbonyl (C=O) groups is 4. The molecule has 4 N–H and O–H groups in total. The predicted molar refractivity (Wildman–Crippen MR) is 288 cm³/mol. The Kier molecular flexibility index (Phi) is 17.4. The summed E-state index contributed by atoms with van der Waals surface area (Å²) in [7, 11) is 7.61.